The molecule has 0 spiro atoms. The van der Waals surface area contributed by atoms with E-state index in [2.05, 4.69) is 60.1 Å². The predicted molar refractivity (Wildman–Crippen MR) is 78.5 cm³/mol. The molecule has 1 aromatic heterocycles. The van der Waals surface area contributed by atoms with E-state index < -0.39 is 0 Å². The lowest BCUT2D eigenvalue weighted by Gasteiger charge is -2.26. The normalized spacial score (nSPS) is 11.0. The Labute approximate surface area is 110 Å². The van der Waals surface area contributed by atoms with Crippen molar-refractivity contribution in [3.8, 4) is 0 Å². The SMILES string of the molecule is CCCCN(CCCC)n1[c]cc2ccccc21. The van der Waals surface area contributed by atoms with E-state index in [-0.39, 0.29) is 0 Å². The summed E-state index contributed by atoms with van der Waals surface area (Å²) in [5.41, 5.74) is 1.27. The van der Waals surface area contributed by atoms with E-state index in [1.54, 1.807) is 0 Å². The average molecular weight is 243 g/mol. The van der Waals surface area contributed by atoms with Crippen LogP contribution in [0.3, 0.4) is 0 Å². The molecule has 0 saturated heterocycles. The summed E-state index contributed by atoms with van der Waals surface area (Å²) < 4.78 is 2.21. The van der Waals surface area contributed by atoms with Crippen molar-refractivity contribution < 1.29 is 0 Å². The Morgan fingerprint density at radius 3 is 2.39 bits per heavy atom. The highest BCUT2D eigenvalue weighted by atomic mass is 15.5. The topological polar surface area (TPSA) is 8.17 Å². The van der Waals surface area contributed by atoms with Crippen LogP contribution in [0.15, 0.2) is 30.3 Å². The Morgan fingerprint density at radius 2 is 1.72 bits per heavy atom. The molecule has 97 valence electrons. The molecule has 0 aliphatic heterocycles. The van der Waals surface area contributed by atoms with Gasteiger partial charge in [0.25, 0.3) is 0 Å². The highest BCUT2D eigenvalue weighted by molar-refractivity contribution is 5.80. The highest BCUT2D eigenvalue weighted by Crippen LogP contribution is 2.15. The quantitative estimate of drug-likeness (QED) is 0.714. The van der Waals surface area contributed by atoms with Gasteiger partial charge in [-0.25, -0.2) is 0 Å². The Bertz CT molecular complexity index is 465. The van der Waals surface area contributed by atoms with Crippen molar-refractivity contribution in [3.05, 3.63) is 36.5 Å². The average Bonchev–Trinajstić information content (AvgIpc) is 2.83. The number of hydrogen-bond acceptors (Lipinski definition) is 1. The van der Waals surface area contributed by atoms with Crippen molar-refractivity contribution in [2.45, 2.75) is 39.5 Å². The second-order valence-corrected chi connectivity index (χ2v) is 4.80. The molecular weight excluding hydrogens is 220 g/mol. The molecule has 0 bridgehead atoms. The van der Waals surface area contributed by atoms with Crippen LogP contribution >= 0.6 is 0 Å². The van der Waals surface area contributed by atoms with Crippen LogP contribution in [0.2, 0.25) is 0 Å². The third-order valence-electron chi connectivity index (χ3n) is 3.33. The van der Waals surface area contributed by atoms with Gasteiger partial charge in [0.1, 0.15) is 0 Å². The van der Waals surface area contributed by atoms with E-state index in [4.69, 9.17) is 0 Å². The first-order chi connectivity index (χ1) is 8.86. The molecule has 2 aromatic rings. The minimum atomic E-state index is 1.12. The summed E-state index contributed by atoms with van der Waals surface area (Å²) in [5.74, 6) is 0. The Kier molecular flexibility index (Phi) is 4.68. The van der Waals surface area contributed by atoms with Gasteiger partial charge in [-0.15, -0.1) is 0 Å². The summed E-state index contributed by atoms with van der Waals surface area (Å²) in [4.78, 5) is 0. The summed E-state index contributed by atoms with van der Waals surface area (Å²) in [5, 5.41) is 3.70. The van der Waals surface area contributed by atoms with Gasteiger partial charge in [-0.3, -0.25) is 4.68 Å². The number of para-hydroxylation sites is 1. The number of aromatic nitrogens is 1. The summed E-state index contributed by atoms with van der Waals surface area (Å²) in [6, 6.07) is 10.6. The van der Waals surface area contributed by atoms with E-state index in [0.29, 0.717) is 0 Å². The van der Waals surface area contributed by atoms with Crippen LogP contribution in [-0.4, -0.2) is 17.8 Å². The van der Waals surface area contributed by atoms with Crippen LogP contribution in [0.1, 0.15) is 39.5 Å². The third-order valence-corrected chi connectivity index (χ3v) is 3.33. The lowest BCUT2D eigenvalue weighted by atomic mass is 10.2. The van der Waals surface area contributed by atoms with Crippen LogP contribution in [0.5, 0.6) is 0 Å². The monoisotopic (exact) mass is 243 g/mol. The summed E-state index contributed by atoms with van der Waals surface area (Å²) in [6.07, 6.45) is 8.33. The molecule has 0 unspecified atom stereocenters. The van der Waals surface area contributed by atoms with Crippen molar-refractivity contribution in [2.75, 3.05) is 18.1 Å². The first kappa shape index (κ1) is 13.0. The van der Waals surface area contributed by atoms with Crippen LogP contribution in [0.4, 0.5) is 0 Å². The zero-order chi connectivity index (χ0) is 12.8. The molecule has 0 amide bonds. The summed E-state index contributed by atoms with van der Waals surface area (Å²) in [6.45, 7) is 6.72. The molecule has 0 atom stereocenters. The van der Waals surface area contributed by atoms with Gasteiger partial charge in [0.2, 0.25) is 0 Å². The maximum Gasteiger partial charge on any atom is 0.0892 e. The molecule has 1 heterocycles. The van der Waals surface area contributed by atoms with Gasteiger partial charge in [0.05, 0.1) is 11.7 Å². The van der Waals surface area contributed by atoms with Gasteiger partial charge < -0.3 is 5.01 Å². The summed E-state index contributed by atoms with van der Waals surface area (Å²) in [7, 11) is 0. The fraction of sp³-hybridized carbons (Fsp3) is 0.500. The predicted octanol–water partition coefficient (Wildman–Crippen LogP) is 3.98. The molecule has 0 N–H and O–H groups in total. The number of rotatable bonds is 7. The standard InChI is InChI=1S/C16H23N2/c1-3-5-12-17(13-6-4-2)18-14-11-15-9-7-8-10-16(15)18/h7-11H,3-6,12-13H2,1-2H3. The van der Waals surface area contributed by atoms with Crippen LogP contribution < -0.4 is 5.01 Å². The van der Waals surface area contributed by atoms with Crippen LogP contribution in [0, 0.1) is 6.20 Å². The number of hydrogen-bond donors (Lipinski definition) is 0. The number of fused-ring (bicyclic) bond motifs is 1. The van der Waals surface area contributed by atoms with Gasteiger partial charge in [-0.05, 0) is 25.0 Å². The molecule has 2 heteroatoms. The first-order valence-electron chi connectivity index (χ1n) is 7.10. The zero-order valence-corrected chi connectivity index (χ0v) is 11.5. The van der Waals surface area contributed by atoms with Gasteiger partial charge in [0.15, 0.2) is 0 Å². The summed E-state index contributed by atoms with van der Waals surface area (Å²) >= 11 is 0. The Morgan fingerprint density at radius 1 is 1.06 bits per heavy atom. The van der Waals surface area contributed by atoms with E-state index in [1.165, 1.54) is 36.6 Å². The van der Waals surface area contributed by atoms with Gasteiger partial charge in [0, 0.05) is 18.5 Å². The number of benzene rings is 1. The number of nitrogens with zero attached hydrogens (tertiary/aromatic N) is 2. The minimum absolute atomic E-state index is 1.12. The van der Waals surface area contributed by atoms with E-state index in [1.807, 2.05) is 0 Å². The molecule has 0 aliphatic rings. The Hall–Kier alpha value is -1.44. The molecule has 18 heavy (non-hydrogen) atoms. The van der Waals surface area contributed by atoms with Gasteiger partial charge in [-0.2, -0.15) is 0 Å². The van der Waals surface area contributed by atoms with Crippen molar-refractivity contribution in [3.63, 3.8) is 0 Å². The van der Waals surface area contributed by atoms with Crippen molar-refractivity contribution >= 4 is 10.9 Å². The highest BCUT2D eigenvalue weighted by Gasteiger charge is 2.08. The second kappa shape index (κ2) is 6.48. The third kappa shape index (κ3) is 2.87. The molecular formula is C16H23N2. The van der Waals surface area contributed by atoms with Crippen LogP contribution in [0.25, 0.3) is 10.9 Å². The maximum absolute atomic E-state index is 3.37. The second-order valence-electron chi connectivity index (χ2n) is 4.80. The molecule has 0 saturated carbocycles. The fourth-order valence-electron chi connectivity index (χ4n) is 2.23. The fourth-order valence-corrected chi connectivity index (χ4v) is 2.23. The lowest BCUT2D eigenvalue weighted by Crippen LogP contribution is -2.35. The van der Waals surface area contributed by atoms with Crippen LogP contribution in [-0.2, 0) is 0 Å². The smallest absolute Gasteiger partial charge is 0.0892 e. The Balaban J connectivity index is 2.22. The molecule has 1 aromatic carbocycles. The number of unbranched alkanes of at least 4 members (excludes halogenated alkanes) is 2. The maximum atomic E-state index is 3.37. The molecule has 2 rings (SSSR count). The molecule has 2 nitrogen and oxygen atoms in total. The zero-order valence-electron chi connectivity index (χ0n) is 11.5. The van der Waals surface area contributed by atoms with E-state index in [0.717, 1.165) is 13.1 Å². The van der Waals surface area contributed by atoms with Crippen molar-refractivity contribution in [2.24, 2.45) is 0 Å². The van der Waals surface area contributed by atoms with E-state index >= 15 is 0 Å². The lowest BCUT2D eigenvalue weighted by molar-refractivity contribution is 0.553. The van der Waals surface area contributed by atoms with E-state index in [9.17, 15) is 0 Å². The largest absolute Gasteiger partial charge is 0.312 e. The molecule has 1 radical (unpaired) electrons. The van der Waals surface area contributed by atoms with Crippen molar-refractivity contribution in [1.82, 2.24) is 4.68 Å². The molecule has 0 fully saturated rings. The molecule has 0 aliphatic carbocycles. The van der Waals surface area contributed by atoms with Gasteiger partial charge >= 0.3 is 0 Å². The van der Waals surface area contributed by atoms with Gasteiger partial charge in [-0.1, -0.05) is 44.9 Å². The first-order valence-corrected chi connectivity index (χ1v) is 7.10. The van der Waals surface area contributed by atoms with Crippen molar-refractivity contribution in [1.29, 1.82) is 0 Å². The minimum Gasteiger partial charge on any atom is -0.312 e.